The maximum atomic E-state index is 11.7. The van der Waals surface area contributed by atoms with Crippen LogP contribution in [0.15, 0.2) is 17.5 Å². The Balaban J connectivity index is 1.42. The molecule has 2 aliphatic carbocycles. The second-order valence-corrected chi connectivity index (χ2v) is 7.66. The number of amides is 2. The van der Waals surface area contributed by atoms with Crippen LogP contribution in [-0.2, 0) is 0 Å². The molecule has 0 aromatic carbocycles. The Kier molecular flexibility index (Phi) is 3.38. The van der Waals surface area contributed by atoms with Crippen molar-refractivity contribution in [2.24, 2.45) is 11.1 Å². The van der Waals surface area contributed by atoms with E-state index >= 15 is 0 Å². The van der Waals surface area contributed by atoms with Gasteiger partial charge in [0.1, 0.15) is 11.7 Å². The predicted molar refractivity (Wildman–Crippen MR) is 88.4 cm³/mol. The minimum absolute atomic E-state index is 0.00235. The van der Waals surface area contributed by atoms with E-state index in [4.69, 9.17) is 15.6 Å². The summed E-state index contributed by atoms with van der Waals surface area (Å²) in [4.78, 5) is 26.7. The third-order valence-electron chi connectivity index (χ3n) is 4.95. The van der Waals surface area contributed by atoms with Gasteiger partial charge in [-0.05, 0) is 48.6 Å². The van der Waals surface area contributed by atoms with Gasteiger partial charge < -0.3 is 20.9 Å². The van der Waals surface area contributed by atoms with Gasteiger partial charge in [0.25, 0.3) is 5.91 Å². The number of carboxylic acid groups (broad SMARTS) is 1. The average Bonchev–Trinajstić information content (AvgIpc) is 2.88. The summed E-state index contributed by atoms with van der Waals surface area (Å²) in [5.74, 6) is -0.246. The summed E-state index contributed by atoms with van der Waals surface area (Å²) >= 11 is 1.50. The first-order valence-electron chi connectivity index (χ1n) is 7.78. The van der Waals surface area contributed by atoms with E-state index in [2.05, 4.69) is 10.3 Å². The number of nitrogens with one attached hydrogen (secondary N) is 1. The Morgan fingerprint density at radius 2 is 2.12 bits per heavy atom. The quantitative estimate of drug-likeness (QED) is 0.785. The van der Waals surface area contributed by atoms with Crippen molar-refractivity contribution in [3.8, 4) is 5.88 Å². The van der Waals surface area contributed by atoms with Crippen LogP contribution >= 0.6 is 11.3 Å². The SMILES string of the molecule is NC(=O)c1cc2sccc2nc1OC1CC2(CC(NC(=O)O)C2)C1. The lowest BCUT2D eigenvalue weighted by Crippen LogP contribution is -2.58. The van der Waals surface area contributed by atoms with Gasteiger partial charge in [0.05, 0.1) is 10.2 Å². The van der Waals surface area contributed by atoms with Crippen LogP contribution in [0, 0.1) is 5.41 Å². The van der Waals surface area contributed by atoms with Crippen molar-refractivity contribution in [3.63, 3.8) is 0 Å². The number of hydrogen-bond donors (Lipinski definition) is 3. The van der Waals surface area contributed by atoms with Gasteiger partial charge in [-0.3, -0.25) is 4.79 Å². The van der Waals surface area contributed by atoms with Crippen molar-refractivity contribution < 1.29 is 19.4 Å². The maximum absolute atomic E-state index is 11.7. The third-order valence-corrected chi connectivity index (χ3v) is 5.81. The van der Waals surface area contributed by atoms with Crippen LogP contribution in [0.4, 0.5) is 4.79 Å². The van der Waals surface area contributed by atoms with Gasteiger partial charge in [0.2, 0.25) is 5.88 Å². The number of ether oxygens (including phenoxy) is 1. The molecule has 24 heavy (non-hydrogen) atoms. The molecule has 0 aliphatic heterocycles. The van der Waals surface area contributed by atoms with Crippen molar-refractivity contribution >= 4 is 33.6 Å². The van der Waals surface area contributed by atoms with Crippen molar-refractivity contribution in [1.82, 2.24) is 10.3 Å². The fraction of sp³-hybridized carbons (Fsp3) is 0.438. The first-order valence-corrected chi connectivity index (χ1v) is 8.66. The molecule has 2 heterocycles. The smallest absolute Gasteiger partial charge is 0.404 e. The summed E-state index contributed by atoms with van der Waals surface area (Å²) in [6.45, 7) is 0. The summed E-state index contributed by atoms with van der Waals surface area (Å²) in [6, 6.07) is 3.66. The minimum Gasteiger partial charge on any atom is -0.474 e. The molecule has 0 bridgehead atoms. The molecule has 7 nitrogen and oxygen atoms in total. The molecule has 2 amide bonds. The lowest BCUT2D eigenvalue weighted by molar-refractivity contribution is -0.0850. The van der Waals surface area contributed by atoms with Crippen LogP contribution in [0.1, 0.15) is 36.0 Å². The van der Waals surface area contributed by atoms with E-state index in [1.54, 1.807) is 6.07 Å². The van der Waals surface area contributed by atoms with Crippen LogP contribution < -0.4 is 15.8 Å². The molecule has 2 aliphatic rings. The Bertz CT molecular complexity index is 820. The fourth-order valence-electron chi connectivity index (χ4n) is 3.89. The third kappa shape index (κ3) is 2.56. The number of hydrogen-bond acceptors (Lipinski definition) is 5. The largest absolute Gasteiger partial charge is 0.474 e. The summed E-state index contributed by atoms with van der Waals surface area (Å²) in [5, 5.41) is 13.1. The number of nitrogens with zero attached hydrogens (tertiary/aromatic N) is 1. The number of nitrogens with two attached hydrogens (primary N) is 1. The van der Waals surface area contributed by atoms with E-state index in [1.807, 2.05) is 11.4 Å². The molecule has 126 valence electrons. The molecule has 0 unspecified atom stereocenters. The van der Waals surface area contributed by atoms with Crippen LogP contribution in [0.2, 0.25) is 0 Å². The Morgan fingerprint density at radius 1 is 1.38 bits per heavy atom. The summed E-state index contributed by atoms with van der Waals surface area (Å²) in [7, 11) is 0. The number of carbonyl (C=O) groups is 2. The number of fused-ring (bicyclic) bond motifs is 1. The molecule has 1 spiro atoms. The number of aromatic nitrogens is 1. The highest BCUT2D eigenvalue weighted by Gasteiger charge is 2.54. The molecule has 0 saturated heterocycles. The molecule has 2 fully saturated rings. The lowest BCUT2D eigenvalue weighted by Gasteiger charge is -2.56. The molecule has 4 rings (SSSR count). The topological polar surface area (TPSA) is 115 Å². The first-order chi connectivity index (χ1) is 11.4. The molecule has 0 radical (unpaired) electrons. The highest BCUT2D eigenvalue weighted by molar-refractivity contribution is 7.17. The zero-order valence-electron chi connectivity index (χ0n) is 12.8. The second-order valence-electron chi connectivity index (χ2n) is 6.71. The van der Waals surface area contributed by atoms with Crippen molar-refractivity contribution in [2.75, 3.05) is 0 Å². The second kappa shape index (κ2) is 5.34. The van der Waals surface area contributed by atoms with Crippen molar-refractivity contribution in [2.45, 2.75) is 37.8 Å². The molecule has 8 heteroatoms. The van der Waals surface area contributed by atoms with Crippen LogP contribution in [0.3, 0.4) is 0 Å². The van der Waals surface area contributed by atoms with Crippen LogP contribution in [-0.4, -0.2) is 34.2 Å². The monoisotopic (exact) mass is 347 g/mol. The van der Waals surface area contributed by atoms with E-state index in [0.29, 0.717) is 11.4 Å². The van der Waals surface area contributed by atoms with Gasteiger partial charge in [-0.25, -0.2) is 9.78 Å². The average molecular weight is 347 g/mol. The Labute approximate surface area is 141 Å². The molecular weight excluding hydrogens is 330 g/mol. The summed E-state index contributed by atoms with van der Waals surface area (Å²) < 4.78 is 6.83. The standard InChI is InChI=1S/C16H17N3O4S/c17-13(20)10-3-12-11(1-2-24-12)19-14(10)23-9-6-16(7-9)4-8(5-16)18-15(21)22/h1-3,8-9,18H,4-7H2,(H2,17,20)(H,21,22). The zero-order chi connectivity index (χ0) is 16.9. The van der Waals surface area contributed by atoms with Crippen LogP contribution in [0.25, 0.3) is 10.2 Å². The zero-order valence-corrected chi connectivity index (χ0v) is 13.6. The number of primary amides is 1. The number of thiophene rings is 1. The fourth-order valence-corrected chi connectivity index (χ4v) is 4.65. The van der Waals surface area contributed by atoms with E-state index in [-0.39, 0.29) is 17.6 Å². The Hall–Kier alpha value is -2.35. The first kappa shape index (κ1) is 15.2. The Morgan fingerprint density at radius 3 is 2.79 bits per heavy atom. The van der Waals surface area contributed by atoms with Gasteiger partial charge in [-0.15, -0.1) is 11.3 Å². The lowest BCUT2D eigenvalue weighted by atomic mass is 9.53. The molecular formula is C16H17N3O4S. The molecule has 2 saturated carbocycles. The van der Waals surface area contributed by atoms with Crippen LogP contribution in [0.5, 0.6) is 5.88 Å². The van der Waals surface area contributed by atoms with E-state index in [9.17, 15) is 9.59 Å². The minimum atomic E-state index is -0.971. The van der Waals surface area contributed by atoms with E-state index < -0.39 is 12.0 Å². The molecule has 0 atom stereocenters. The summed E-state index contributed by atoms with van der Waals surface area (Å²) in [6.07, 6.45) is 2.43. The molecule has 2 aromatic heterocycles. The number of carbonyl (C=O) groups excluding carboxylic acids is 1. The molecule has 4 N–H and O–H groups in total. The van der Waals surface area contributed by atoms with Gasteiger partial charge in [-0.2, -0.15) is 0 Å². The highest BCUT2D eigenvalue weighted by Crippen LogP contribution is 2.56. The van der Waals surface area contributed by atoms with Gasteiger partial charge in [0.15, 0.2) is 0 Å². The van der Waals surface area contributed by atoms with Gasteiger partial charge in [-0.1, -0.05) is 0 Å². The van der Waals surface area contributed by atoms with E-state index in [1.165, 1.54) is 11.3 Å². The normalized spacial score (nSPS) is 28.2. The molecule has 2 aromatic rings. The van der Waals surface area contributed by atoms with Crippen molar-refractivity contribution in [1.29, 1.82) is 0 Å². The van der Waals surface area contributed by atoms with Gasteiger partial charge in [0, 0.05) is 6.04 Å². The van der Waals surface area contributed by atoms with Crippen molar-refractivity contribution in [3.05, 3.63) is 23.1 Å². The number of pyridine rings is 1. The summed E-state index contributed by atoms with van der Waals surface area (Å²) in [5.41, 5.74) is 6.73. The predicted octanol–water partition coefficient (Wildman–Crippen LogP) is 2.35. The van der Waals surface area contributed by atoms with Gasteiger partial charge >= 0.3 is 6.09 Å². The number of rotatable bonds is 4. The highest BCUT2D eigenvalue weighted by atomic mass is 32.1. The van der Waals surface area contributed by atoms with E-state index in [0.717, 1.165) is 35.9 Å². The maximum Gasteiger partial charge on any atom is 0.404 e.